The van der Waals surface area contributed by atoms with Crippen LogP contribution >= 0.6 is 15.9 Å². The Morgan fingerprint density at radius 3 is 2.54 bits per heavy atom. The molecule has 0 spiro atoms. The van der Waals surface area contributed by atoms with Crippen LogP contribution in [0.5, 0.6) is 0 Å². The van der Waals surface area contributed by atoms with E-state index in [2.05, 4.69) is 27.8 Å². The number of benzene rings is 1. The molecule has 2 aliphatic heterocycles. The third-order valence-electron chi connectivity index (χ3n) is 5.30. The van der Waals surface area contributed by atoms with Crippen molar-refractivity contribution >= 4 is 27.7 Å². The lowest BCUT2D eigenvalue weighted by Crippen LogP contribution is -2.53. The Hall–Kier alpha value is -1.47. The fourth-order valence-electron chi connectivity index (χ4n) is 3.69. The van der Waals surface area contributed by atoms with Crippen LogP contribution in [0.4, 0.5) is 4.39 Å². The second-order valence-corrected chi connectivity index (χ2v) is 8.04. The molecule has 0 unspecified atom stereocenters. The van der Waals surface area contributed by atoms with Crippen molar-refractivity contribution in [2.24, 2.45) is 0 Å². The van der Waals surface area contributed by atoms with Gasteiger partial charge in [-0.2, -0.15) is 0 Å². The van der Waals surface area contributed by atoms with Crippen LogP contribution in [0.15, 0.2) is 22.7 Å². The second kappa shape index (κ2) is 8.48. The smallest absolute Gasteiger partial charge is 0.256 e. The Balaban J connectivity index is 1.52. The number of piperidine rings is 1. The van der Waals surface area contributed by atoms with Gasteiger partial charge in [-0.05, 0) is 44.4 Å². The van der Waals surface area contributed by atoms with Gasteiger partial charge < -0.3 is 9.80 Å². The number of hydrogen-bond acceptors (Lipinski definition) is 3. The molecule has 1 atom stereocenters. The van der Waals surface area contributed by atoms with Gasteiger partial charge in [0.1, 0.15) is 5.82 Å². The number of carbonyl (C=O) groups is 2. The van der Waals surface area contributed by atoms with E-state index in [1.807, 2.05) is 4.90 Å². The molecule has 3 rings (SSSR count). The largest absolute Gasteiger partial charge is 0.339 e. The van der Waals surface area contributed by atoms with Gasteiger partial charge in [-0.1, -0.05) is 15.9 Å². The highest BCUT2D eigenvalue weighted by Crippen LogP contribution is 2.19. The van der Waals surface area contributed by atoms with Crippen molar-refractivity contribution in [1.82, 2.24) is 14.7 Å². The number of piperazine rings is 1. The van der Waals surface area contributed by atoms with Crippen LogP contribution < -0.4 is 0 Å². The first-order valence-corrected chi connectivity index (χ1v) is 10.0. The topological polar surface area (TPSA) is 43.9 Å². The van der Waals surface area contributed by atoms with Crippen molar-refractivity contribution in [1.29, 1.82) is 0 Å². The summed E-state index contributed by atoms with van der Waals surface area (Å²) in [4.78, 5) is 30.8. The second-order valence-electron chi connectivity index (χ2n) is 7.12. The molecular weight excluding hydrogens is 401 g/mol. The molecule has 0 saturated carbocycles. The van der Waals surface area contributed by atoms with E-state index >= 15 is 0 Å². The number of hydrogen-bond donors (Lipinski definition) is 0. The maximum absolute atomic E-state index is 14.0. The van der Waals surface area contributed by atoms with E-state index in [1.165, 1.54) is 18.6 Å². The van der Waals surface area contributed by atoms with E-state index in [-0.39, 0.29) is 17.4 Å². The fourth-order valence-corrected chi connectivity index (χ4v) is 4.03. The predicted octanol–water partition coefficient (Wildman–Crippen LogP) is 2.75. The first-order valence-electron chi connectivity index (χ1n) is 9.22. The molecule has 0 aromatic heterocycles. The molecule has 5 nitrogen and oxygen atoms in total. The van der Waals surface area contributed by atoms with E-state index in [0.29, 0.717) is 43.2 Å². The van der Waals surface area contributed by atoms with Crippen molar-refractivity contribution in [3.63, 3.8) is 0 Å². The van der Waals surface area contributed by atoms with Crippen LogP contribution in [0.3, 0.4) is 0 Å². The van der Waals surface area contributed by atoms with E-state index in [4.69, 9.17) is 0 Å². The molecule has 1 aromatic rings. The van der Waals surface area contributed by atoms with Gasteiger partial charge in [0.2, 0.25) is 5.91 Å². The van der Waals surface area contributed by atoms with Crippen molar-refractivity contribution in [2.75, 3.05) is 39.3 Å². The average Bonchev–Trinajstić information content (AvgIpc) is 2.62. The molecule has 0 aliphatic carbocycles. The average molecular weight is 426 g/mol. The van der Waals surface area contributed by atoms with Crippen LogP contribution in [0.1, 0.15) is 36.5 Å². The van der Waals surface area contributed by atoms with Gasteiger partial charge in [0, 0.05) is 43.2 Å². The van der Waals surface area contributed by atoms with E-state index in [0.717, 1.165) is 19.4 Å². The molecule has 0 bridgehead atoms. The minimum Gasteiger partial charge on any atom is -0.339 e. The Labute approximate surface area is 162 Å². The number of halogens is 2. The predicted molar refractivity (Wildman–Crippen MR) is 101 cm³/mol. The maximum atomic E-state index is 14.0. The summed E-state index contributed by atoms with van der Waals surface area (Å²) >= 11 is 3.20. The van der Waals surface area contributed by atoms with Crippen LogP contribution in [0.2, 0.25) is 0 Å². The van der Waals surface area contributed by atoms with E-state index in [9.17, 15) is 14.0 Å². The summed E-state index contributed by atoms with van der Waals surface area (Å²) in [5.74, 6) is -0.623. The molecule has 2 saturated heterocycles. The van der Waals surface area contributed by atoms with Gasteiger partial charge in [-0.15, -0.1) is 0 Å². The van der Waals surface area contributed by atoms with Gasteiger partial charge in [0.05, 0.1) is 12.1 Å². The highest BCUT2D eigenvalue weighted by atomic mass is 79.9. The summed E-state index contributed by atoms with van der Waals surface area (Å²) in [6.45, 7) is 5.66. The molecule has 26 heavy (non-hydrogen) atoms. The fraction of sp³-hybridized carbons (Fsp3) is 0.579. The Morgan fingerprint density at radius 2 is 1.88 bits per heavy atom. The Morgan fingerprint density at radius 1 is 1.15 bits per heavy atom. The van der Waals surface area contributed by atoms with Gasteiger partial charge >= 0.3 is 0 Å². The molecule has 2 heterocycles. The summed E-state index contributed by atoms with van der Waals surface area (Å²) in [5, 5.41) is 0. The van der Waals surface area contributed by atoms with Crippen LogP contribution in [0, 0.1) is 5.82 Å². The molecule has 2 aliphatic rings. The summed E-state index contributed by atoms with van der Waals surface area (Å²) in [7, 11) is 0. The monoisotopic (exact) mass is 425 g/mol. The number of likely N-dealkylation sites (tertiary alicyclic amines) is 1. The third-order valence-corrected chi connectivity index (χ3v) is 5.80. The van der Waals surface area contributed by atoms with Gasteiger partial charge in [0.25, 0.3) is 5.91 Å². The minimum absolute atomic E-state index is 0.0971. The highest BCUT2D eigenvalue weighted by Gasteiger charge is 2.28. The maximum Gasteiger partial charge on any atom is 0.256 e. The standard InChI is InChI=1S/C19H25BrFN3O2/c1-14-4-2-3-7-24(14)18(25)13-22-8-10-23(11-9-22)19(26)16-6-5-15(20)12-17(16)21/h5-6,12,14H,2-4,7-11,13H2,1H3/t14-/m1/s1. The van der Waals surface area contributed by atoms with Gasteiger partial charge in [-0.25, -0.2) is 4.39 Å². The van der Waals surface area contributed by atoms with Gasteiger partial charge in [0.15, 0.2) is 0 Å². The SMILES string of the molecule is C[C@@H]1CCCCN1C(=O)CN1CCN(C(=O)c2ccc(Br)cc2F)CC1. The lowest BCUT2D eigenvalue weighted by molar-refractivity contribution is -0.136. The van der Waals surface area contributed by atoms with Crippen molar-refractivity contribution < 1.29 is 14.0 Å². The highest BCUT2D eigenvalue weighted by molar-refractivity contribution is 9.10. The molecule has 2 fully saturated rings. The summed E-state index contributed by atoms with van der Waals surface area (Å²) in [6, 6.07) is 4.81. The van der Waals surface area contributed by atoms with Crippen LogP contribution in [-0.4, -0.2) is 71.8 Å². The summed E-state index contributed by atoms with van der Waals surface area (Å²) < 4.78 is 14.6. The van der Waals surface area contributed by atoms with Crippen LogP contribution in [-0.2, 0) is 4.79 Å². The van der Waals surface area contributed by atoms with Crippen LogP contribution in [0.25, 0.3) is 0 Å². The molecule has 0 N–H and O–H groups in total. The number of nitrogens with zero attached hydrogens (tertiary/aromatic N) is 3. The normalized spacial score (nSPS) is 21.7. The zero-order valence-electron chi connectivity index (χ0n) is 15.1. The number of carbonyl (C=O) groups excluding carboxylic acids is 2. The van der Waals surface area contributed by atoms with Crippen molar-refractivity contribution in [2.45, 2.75) is 32.2 Å². The van der Waals surface area contributed by atoms with E-state index in [1.54, 1.807) is 11.0 Å². The van der Waals surface area contributed by atoms with Crippen molar-refractivity contribution in [3.8, 4) is 0 Å². The first kappa shape index (κ1) is 19.3. The molecule has 7 heteroatoms. The lowest BCUT2D eigenvalue weighted by Gasteiger charge is -2.38. The molecule has 0 radical (unpaired) electrons. The molecule has 2 amide bonds. The first-order chi connectivity index (χ1) is 12.5. The minimum atomic E-state index is -0.513. The lowest BCUT2D eigenvalue weighted by atomic mass is 10.0. The molecular formula is C19H25BrFN3O2. The number of amides is 2. The molecule has 1 aromatic carbocycles. The van der Waals surface area contributed by atoms with Crippen molar-refractivity contribution in [3.05, 3.63) is 34.1 Å². The summed E-state index contributed by atoms with van der Waals surface area (Å²) in [6.07, 6.45) is 3.35. The quantitative estimate of drug-likeness (QED) is 0.747. The Kier molecular flexibility index (Phi) is 6.29. The Bertz CT molecular complexity index is 677. The van der Waals surface area contributed by atoms with E-state index < -0.39 is 5.82 Å². The number of rotatable bonds is 3. The molecule has 142 valence electrons. The summed E-state index contributed by atoms with van der Waals surface area (Å²) in [5.41, 5.74) is 0.0971. The third kappa shape index (κ3) is 4.43. The zero-order valence-corrected chi connectivity index (χ0v) is 16.7. The van der Waals surface area contributed by atoms with Gasteiger partial charge in [-0.3, -0.25) is 14.5 Å². The zero-order chi connectivity index (χ0) is 18.7.